The maximum absolute atomic E-state index is 12.9. The van der Waals surface area contributed by atoms with E-state index in [1.165, 1.54) is 4.90 Å². The Morgan fingerprint density at radius 3 is 2.62 bits per heavy atom. The minimum absolute atomic E-state index is 0.00148. The van der Waals surface area contributed by atoms with Crippen molar-refractivity contribution in [1.82, 2.24) is 4.90 Å². The normalized spacial score (nSPS) is 20.1. The molecule has 1 atom stereocenters. The number of ether oxygens (including phenoxy) is 1. The van der Waals surface area contributed by atoms with Crippen LogP contribution in [0.25, 0.3) is 5.70 Å². The third-order valence-corrected chi connectivity index (χ3v) is 4.41. The fourth-order valence-corrected chi connectivity index (χ4v) is 3.34. The molecule has 1 aliphatic heterocycles. The maximum Gasteiger partial charge on any atom is 0.339 e. The number of rotatable bonds is 6. The molecule has 1 aromatic carbocycles. The monoisotopic (exact) mass is 426 g/mol. The number of carbonyl (C=O) groups is 2. The van der Waals surface area contributed by atoms with Crippen molar-refractivity contribution >= 4 is 33.5 Å². The highest BCUT2D eigenvalue weighted by molar-refractivity contribution is 9.10. The molecule has 1 N–H and O–H groups in total. The molecule has 140 valence electrons. The summed E-state index contributed by atoms with van der Waals surface area (Å²) in [5, 5.41) is 22.0. The van der Waals surface area contributed by atoms with Gasteiger partial charge in [0.15, 0.2) is 0 Å². The molecule has 0 saturated carbocycles. The minimum atomic E-state index is -2.59. The molecule has 0 fully saturated rings. The van der Waals surface area contributed by atoms with Gasteiger partial charge in [0.1, 0.15) is 5.57 Å². The molecule has 0 saturated heterocycles. The highest BCUT2D eigenvalue weighted by Crippen LogP contribution is 2.41. The molecule has 1 aliphatic rings. The van der Waals surface area contributed by atoms with E-state index in [0.717, 1.165) is 0 Å². The van der Waals surface area contributed by atoms with Crippen molar-refractivity contribution < 1.29 is 24.4 Å². The van der Waals surface area contributed by atoms with Crippen molar-refractivity contribution in [2.24, 2.45) is 0 Å². The molecule has 0 aromatic heterocycles. The standard InChI is InChI=1S/C17H19BrN2O6/c1-4-26-15(21)13-14(11-6-5-7-12(18)8-11)20(10(2)3)16(22)17(13,23)9-19(24)25/h5-8,10,23H,4,9H2,1-3H3/t17-/m1/s1. The van der Waals surface area contributed by atoms with Crippen LogP contribution in [0.4, 0.5) is 0 Å². The zero-order valence-corrected chi connectivity index (χ0v) is 16.1. The van der Waals surface area contributed by atoms with Crippen LogP contribution in [0.15, 0.2) is 34.3 Å². The van der Waals surface area contributed by atoms with E-state index in [-0.39, 0.29) is 12.3 Å². The smallest absolute Gasteiger partial charge is 0.339 e. The quantitative estimate of drug-likeness (QED) is 0.423. The van der Waals surface area contributed by atoms with Gasteiger partial charge >= 0.3 is 5.97 Å². The van der Waals surface area contributed by atoms with Crippen LogP contribution in [0.5, 0.6) is 0 Å². The van der Waals surface area contributed by atoms with E-state index >= 15 is 0 Å². The third-order valence-electron chi connectivity index (χ3n) is 3.92. The highest BCUT2D eigenvalue weighted by atomic mass is 79.9. The molecule has 9 heteroatoms. The third kappa shape index (κ3) is 3.49. The number of hydrogen-bond acceptors (Lipinski definition) is 6. The Balaban J connectivity index is 2.82. The zero-order valence-electron chi connectivity index (χ0n) is 14.6. The van der Waals surface area contributed by atoms with Gasteiger partial charge in [-0.15, -0.1) is 0 Å². The maximum atomic E-state index is 12.9. The average Bonchev–Trinajstić information content (AvgIpc) is 2.75. The average molecular weight is 427 g/mol. The molecule has 8 nitrogen and oxygen atoms in total. The van der Waals surface area contributed by atoms with Crippen LogP contribution in [0.1, 0.15) is 26.3 Å². The second-order valence-corrected chi connectivity index (χ2v) is 6.99. The summed E-state index contributed by atoms with van der Waals surface area (Å²) in [5.41, 5.74) is -2.41. The zero-order chi connectivity index (χ0) is 19.6. The molecular formula is C17H19BrN2O6. The number of benzene rings is 1. The first kappa shape index (κ1) is 20.1. The van der Waals surface area contributed by atoms with Gasteiger partial charge in [0, 0.05) is 21.0 Å². The lowest BCUT2D eigenvalue weighted by atomic mass is 9.93. The molecule has 0 bridgehead atoms. The van der Waals surface area contributed by atoms with Crippen LogP contribution in [0.3, 0.4) is 0 Å². The van der Waals surface area contributed by atoms with E-state index in [1.54, 1.807) is 45.0 Å². The lowest BCUT2D eigenvalue weighted by Gasteiger charge is -2.26. The molecule has 0 aliphatic carbocycles. The van der Waals surface area contributed by atoms with E-state index in [9.17, 15) is 24.8 Å². The highest BCUT2D eigenvalue weighted by Gasteiger charge is 2.59. The van der Waals surface area contributed by atoms with Crippen LogP contribution >= 0.6 is 15.9 Å². The first-order valence-corrected chi connectivity index (χ1v) is 8.78. The van der Waals surface area contributed by atoms with E-state index < -0.39 is 40.6 Å². The Labute approximate surface area is 158 Å². The van der Waals surface area contributed by atoms with Crippen LogP contribution in [0, 0.1) is 10.1 Å². The Morgan fingerprint density at radius 2 is 2.12 bits per heavy atom. The second-order valence-electron chi connectivity index (χ2n) is 6.07. The van der Waals surface area contributed by atoms with E-state index in [2.05, 4.69) is 15.9 Å². The summed E-state index contributed by atoms with van der Waals surface area (Å²) in [4.78, 5) is 37.0. The number of halogens is 1. The molecule has 1 aromatic rings. The number of nitro groups is 1. The van der Waals surface area contributed by atoms with E-state index in [1.807, 2.05) is 0 Å². The van der Waals surface area contributed by atoms with Gasteiger partial charge in [-0.05, 0) is 32.9 Å². The van der Waals surface area contributed by atoms with E-state index in [0.29, 0.717) is 10.0 Å². The van der Waals surface area contributed by atoms with E-state index in [4.69, 9.17) is 4.74 Å². The summed E-state index contributed by atoms with van der Waals surface area (Å²) in [6.45, 7) is 3.83. The Kier molecular flexibility index (Phi) is 5.82. The van der Waals surface area contributed by atoms with Crippen molar-refractivity contribution in [1.29, 1.82) is 0 Å². The largest absolute Gasteiger partial charge is 0.462 e. The summed E-state index contributed by atoms with van der Waals surface area (Å²) in [5.74, 6) is -1.87. The van der Waals surface area contributed by atoms with Gasteiger partial charge in [-0.2, -0.15) is 0 Å². The fourth-order valence-electron chi connectivity index (χ4n) is 2.94. The molecule has 1 heterocycles. The number of amides is 1. The molecular weight excluding hydrogens is 408 g/mol. The summed E-state index contributed by atoms with van der Waals surface area (Å²) in [6.07, 6.45) is 0. The van der Waals surface area contributed by atoms with Gasteiger partial charge < -0.3 is 14.7 Å². The summed E-state index contributed by atoms with van der Waals surface area (Å²) in [6, 6.07) is 6.33. The lowest BCUT2D eigenvalue weighted by molar-refractivity contribution is -0.494. The molecule has 2 rings (SSSR count). The second kappa shape index (κ2) is 7.55. The van der Waals surface area contributed by atoms with Crippen molar-refractivity contribution in [2.45, 2.75) is 32.4 Å². The number of carbonyl (C=O) groups excluding carboxylic acids is 2. The van der Waals surface area contributed by atoms with Crippen LogP contribution in [-0.4, -0.2) is 51.6 Å². The van der Waals surface area contributed by atoms with Gasteiger partial charge in [0.2, 0.25) is 12.1 Å². The van der Waals surface area contributed by atoms with Gasteiger partial charge in [-0.1, -0.05) is 28.1 Å². The van der Waals surface area contributed by atoms with Crippen molar-refractivity contribution in [3.8, 4) is 0 Å². The first-order chi connectivity index (χ1) is 12.1. The molecule has 0 spiro atoms. The molecule has 26 heavy (non-hydrogen) atoms. The molecule has 1 amide bonds. The number of hydrogen-bond donors (Lipinski definition) is 1. The fraction of sp³-hybridized carbons (Fsp3) is 0.412. The summed E-state index contributed by atoms with van der Waals surface area (Å²) >= 11 is 3.32. The van der Waals surface area contributed by atoms with Crippen LogP contribution in [-0.2, 0) is 14.3 Å². The number of esters is 1. The Bertz CT molecular complexity index is 791. The minimum Gasteiger partial charge on any atom is -0.462 e. The topological polar surface area (TPSA) is 110 Å². The predicted molar refractivity (Wildman–Crippen MR) is 96.5 cm³/mol. The van der Waals surface area contributed by atoms with Gasteiger partial charge in [0.05, 0.1) is 12.3 Å². The van der Waals surface area contributed by atoms with Crippen molar-refractivity contribution in [2.75, 3.05) is 13.2 Å². The van der Waals surface area contributed by atoms with Crippen LogP contribution in [0.2, 0.25) is 0 Å². The first-order valence-electron chi connectivity index (χ1n) is 7.99. The Morgan fingerprint density at radius 1 is 1.46 bits per heavy atom. The number of aliphatic hydroxyl groups is 1. The van der Waals surface area contributed by atoms with Gasteiger partial charge in [-0.3, -0.25) is 14.9 Å². The number of nitrogens with zero attached hydrogens (tertiary/aromatic N) is 2. The molecule has 0 unspecified atom stereocenters. The van der Waals surface area contributed by atoms with Crippen LogP contribution < -0.4 is 0 Å². The van der Waals surface area contributed by atoms with Gasteiger partial charge in [0.25, 0.3) is 5.91 Å². The summed E-state index contributed by atoms with van der Waals surface area (Å²) in [7, 11) is 0. The SMILES string of the molecule is CCOC(=O)C1=C(c2cccc(Br)c2)N(C(C)C)C(=O)[C@@]1(O)C[N+](=O)[O-]. The van der Waals surface area contributed by atoms with Crippen molar-refractivity contribution in [3.63, 3.8) is 0 Å². The summed E-state index contributed by atoms with van der Waals surface area (Å²) < 4.78 is 5.68. The molecule has 0 radical (unpaired) electrons. The Hall–Kier alpha value is -2.26. The van der Waals surface area contributed by atoms with Crippen molar-refractivity contribution in [3.05, 3.63) is 50.0 Å². The lowest BCUT2D eigenvalue weighted by Crippen LogP contribution is -2.50. The predicted octanol–water partition coefficient (Wildman–Crippen LogP) is 1.98. The van der Waals surface area contributed by atoms with Gasteiger partial charge in [-0.25, -0.2) is 4.79 Å².